The predicted molar refractivity (Wildman–Crippen MR) is 103 cm³/mol. The summed E-state index contributed by atoms with van der Waals surface area (Å²) in [4.78, 5) is 28.7. The van der Waals surface area contributed by atoms with Crippen molar-refractivity contribution in [2.45, 2.75) is 44.7 Å². The van der Waals surface area contributed by atoms with Crippen molar-refractivity contribution in [1.29, 1.82) is 0 Å². The zero-order valence-electron chi connectivity index (χ0n) is 15.8. The van der Waals surface area contributed by atoms with Gasteiger partial charge in [-0.15, -0.1) is 12.4 Å². The average Bonchev–Trinajstić information content (AvgIpc) is 3.28. The van der Waals surface area contributed by atoms with Crippen molar-refractivity contribution < 1.29 is 18.4 Å². The van der Waals surface area contributed by atoms with Crippen LogP contribution in [-0.4, -0.2) is 53.8 Å². The molecular formula is C20H26ClF2N3O2. The van der Waals surface area contributed by atoms with Crippen LogP contribution in [0.1, 0.15) is 37.7 Å². The van der Waals surface area contributed by atoms with E-state index in [2.05, 4.69) is 5.32 Å². The summed E-state index contributed by atoms with van der Waals surface area (Å²) in [5.74, 6) is -1.53. The highest BCUT2D eigenvalue weighted by atomic mass is 35.5. The predicted octanol–water partition coefficient (Wildman–Crippen LogP) is 2.48. The lowest BCUT2D eigenvalue weighted by atomic mass is 9.77. The monoisotopic (exact) mass is 413 g/mol. The summed E-state index contributed by atoms with van der Waals surface area (Å²) < 4.78 is 26.5. The van der Waals surface area contributed by atoms with Gasteiger partial charge in [0.1, 0.15) is 0 Å². The Hall–Kier alpha value is -1.73. The van der Waals surface area contributed by atoms with Crippen LogP contribution in [-0.2, 0) is 16.1 Å². The highest BCUT2D eigenvalue weighted by Crippen LogP contribution is 2.41. The summed E-state index contributed by atoms with van der Waals surface area (Å²) >= 11 is 0. The molecule has 8 heteroatoms. The van der Waals surface area contributed by atoms with E-state index in [1.165, 1.54) is 6.07 Å². The Morgan fingerprint density at radius 3 is 2.61 bits per heavy atom. The van der Waals surface area contributed by atoms with Gasteiger partial charge in [0, 0.05) is 38.0 Å². The molecule has 4 rings (SSSR count). The van der Waals surface area contributed by atoms with Crippen LogP contribution in [0.15, 0.2) is 18.2 Å². The molecule has 0 saturated carbocycles. The molecule has 0 unspecified atom stereocenters. The van der Waals surface area contributed by atoms with Gasteiger partial charge in [0.05, 0.1) is 6.04 Å². The molecule has 0 aliphatic carbocycles. The van der Waals surface area contributed by atoms with E-state index in [0.29, 0.717) is 38.2 Å². The molecule has 1 aromatic carbocycles. The largest absolute Gasteiger partial charge is 0.341 e. The minimum Gasteiger partial charge on any atom is -0.341 e. The number of piperidine rings is 1. The number of halogens is 3. The SMILES string of the molecule is Cl.O=C1CC2(CCN(C(=O)[C@H]3CCCN3)CC2)CN1Cc1ccc(F)c(F)c1. The molecule has 1 spiro atoms. The first kappa shape index (κ1) is 21.0. The molecule has 2 amide bonds. The lowest BCUT2D eigenvalue weighted by molar-refractivity contribution is -0.135. The zero-order chi connectivity index (χ0) is 19.0. The zero-order valence-corrected chi connectivity index (χ0v) is 16.6. The second-order valence-corrected chi connectivity index (χ2v) is 8.15. The van der Waals surface area contributed by atoms with Gasteiger partial charge in [-0.2, -0.15) is 0 Å². The third-order valence-corrected chi connectivity index (χ3v) is 6.26. The maximum Gasteiger partial charge on any atom is 0.239 e. The quantitative estimate of drug-likeness (QED) is 0.828. The van der Waals surface area contributed by atoms with E-state index >= 15 is 0 Å². The fourth-order valence-electron chi connectivity index (χ4n) is 4.64. The Morgan fingerprint density at radius 2 is 1.96 bits per heavy atom. The van der Waals surface area contributed by atoms with Gasteiger partial charge in [-0.1, -0.05) is 6.07 Å². The molecule has 0 bridgehead atoms. The number of carbonyl (C=O) groups excluding carboxylic acids is 2. The Morgan fingerprint density at radius 1 is 1.21 bits per heavy atom. The van der Waals surface area contributed by atoms with Crippen molar-refractivity contribution in [3.63, 3.8) is 0 Å². The van der Waals surface area contributed by atoms with Crippen molar-refractivity contribution in [3.05, 3.63) is 35.4 Å². The van der Waals surface area contributed by atoms with Crippen LogP contribution in [0.2, 0.25) is 0 Å². The number of hydrogen-bond acceptors (Lipinski definition) is 3. The van der Waals surface area contributed by atoms with E-state index in [0.717, 1.165) is 44.4 Å². The van der Waals surface area contributed by atoms with Gasteiger partial charge >= 0.3 is 0 Å². The Kier molecular flexibility index (Phi) is 6.25. The molecule has 3 saturated heterocycles. The van der Waals surface area contributed by atoms with Crippen LogP contribution in [0, 0.1) is 17.0 Å². The fourth-order valence-corrected chi connectivity index (χ4v) is 4.64. The summed E-state index contributed by atoms with van der Waals surface area (Å²) in [7, 11) is 0. The van der Waals surface area contributed by atoms with E-state index < -0.39 is 11.6 Å². The normalized spacial score (nSPS) is 23.9. The molecular weight excluding hydrogens is 388 g/mol. The Labute approximate surface area is 169 Å². The fraction of sp³-hybridized carbons (Fsp3) is 0.600. The molecule has 0 aromatic heterocycles. The van der Waals surface area contributed by atoms with Crippen LogP contribution in [0.25, 0.3) is 0 Å². The highest BCUT2D eigenvalue weighted by Gasteiger charge is 2.45. The molecule has 0 radical (unpaired) electrons. The lowest BCUT2D eigenvalue weighted by Crippen LogP contribution is -2.49. The second-order valence-electron chi connectivity index (χ2n) is 8.15. The van der Waals surface area contributed by atoms with Crippen LogP contribution in [0.4, 0.5) is 8.78 Å². The van der Waals surface area contributed by atoms with Crippen molar-refractivity contribution in [2.75, 3.05) is 26.2 Å². The molecule has 5 nitrogen and oxygen atoms in total. The minimum atomic E-state index is -0.888. The summed E-state index contributed by atoms with van der Waals surface area (Å²) in [5.41, 5.74) is 0.495. The van der Waals surface area contributed by atoms with E-state index in [9.17, 15) is 18.4 Å². The third kappa shape index (κ3) is 4.15. The molecule has 1 atom stereocenters. The van der Waals surface area contributed by atoms with Gasteiger partial charge < -0.3 is 15.1 Å². The van der Waals surface area contributed by atoms with Gasteiger partial charge in [-0.25, -0.2) is 8.78 Å². The number of benzene rings is 1. The number of likely N-dealkylation sites (tertiary alicyclic amines) is 2. The van der Waals surface area contributed by atoms with Crippen molar-refractivity contribution in [1.82, 2.24) is 15.1 Å². The van der Waals surface area contributed by atoms with Crippen LogP contribution in [0.5, 0.6) is 0 Å². The van der Waals surface area contributed by atoms with E-state index in [-0.39, 0.29) is 35.7 Å². The van der Waals surface area contributed by atoms with Gasteiger partial charge in [0.25, 0.3) is 0 Å². The number of carbonyl (C=O) groups is 2. The van der Waals surface area contributed by atoms with Crippen molar-refractivity contribution >= 4 is 24.2 Å². The number of amides is 2. The molecule has 1 aromatic rings. The van der Waals surface area contributed by atoms with Gasteiger partial charge in [-0.05, 0) is 49.9 Å². The van der Waals surface area contributed by atoms with Crippen LogP contribution in [0.3, 0.4) is 0 Å². The maximum atomic E-state index is 13.4. The van der Waals surface area contributed by atoms with Gasteiger partial charge in [-0.3, -0.25) is 9.59 Å². The molecule has 3 aliphatic rings. The average molecular weight is 414 g/mol. The second kappa shape index (κ2) is 8.33. The number of nitrogens with one attached hydrogen (secondary N) is 1. The third-order valence-electron chi connectivity index (χ3n) is 6.26. The number of rotatable bonds is 3. The van der Waals surface area contributed by atoms with Crippen molar-refractivity contribution in [2.24, 2.45) is 5.41 Å². The molecule has 154 valence electrons. The standard InChI is InChI=1S/C20H25F2N3O2.ClH/c21-15-4-3-14(10-16(15)22)12-25-13-20(11-18(25)26)5-8-24(9-6-20)19(27)17-2-1-7-23-17;/h3-4,10,17,23H,1-2,5-9,11-13H2;1H/t17-;/m1./s1. The summed E-state index contributed by atoms with van der Waals surface area (Å²) in [5, 5.41) is 3.25. The van der Waals surface area contributed by atoms with Crippen LogP contribution >= 0.6 is 12.4 Å². The lowest BCUT2D eigenvalue weighted by Gasteiger charge is -2.39. The van der Waals surface area contributed by atoms with Crippen molar-refractivity contribution in [3.8, 4) is 0 Å². The van der Waals surface area contributed by atoms with E-state index in [4.69, 9.17) is 0 Å². The summed E-state index contributed by atoms with van der Waals surface area (Å²) in [6, 6.07) is 3.73. The molecule has 3 fully saturated rings. The molecule has 28 heavy (non-hydrogen) atoms. The van der Waals surface area contributed by atoms with E-state index in [1.54, 1.807) is 4.90 Å². The topological polar surface area (TPSA) is 52.7 Å². The first-order valence-electron chi connectivity index (χ1n) is 9.70. The number of hydrogen-bond donors (Lipinski definition) is 1. The molecule has 3 aliphatic heterocycles. The first-order chi connectivity index (χ1) is 13.0. The Bertz CT molecular complexity index is 747. The van der Waals surface area contributed by atoms with Gasteiger partial charge in [0.15, 0.2) is 11.6 Å². The summed E-state index contributed by atoms with van der Waals surface area (Å²) in [6.45, 7) is 3.19. The maximum absolute atomic E-state index is 13.4. The van der Waals surface area contributed by atoms with Crippen LogP contribution < -0.4 is 5.32 Å². The smallest absolute Gasteiger partial charge is 0.239 e. The Balaban J connectivity index is 0.00000225. The molecule has 1 N–H and O–H groups in total. The highest BCUT2D eigenvalue weighted by molar-refractivity contribution is 5.85. The minimum absolute atomic E-state index is 0. The van der Waals surface area contributed by atoms with Gasteiger partial charge in [0.2, 0.25) is 11.8 Å². The molecule has 3 heterocycles. The number of nitrogens with zero attached hydrogens (tertiary/aromatic N) is 2. The van der Waals surface area contributed by atoms with E-state index in [1.807, 2.05) is 4.90 Å². The first-order valence-corrected chi connectivity index (χ1v) is 9.70. The summed E-state index contributed by atoms with van der Waals surface area (Å²) in [6.07, 6.45) is 4.04.